The van der Waals surface area contributed by atoms with Crippen molar-refractivity contribution in [1.29, 1.82) is 0 Å². The van der Waals surface area contributed by atoms with E-state index in [1.807, 2.05) is 30.3 Å². The molecule has 27 heavy (non-hydrogen) atoms. The summed E-state index contributed by atoms with van der Waals surface area (Å²) in [4.78, 5) is 21.5. The third kappa shape index (κ3) is 3.84. The molecule has 0 saturated heterocycles. The molecule has 0 aliphatic carbocycles. The first-order valence-electron chi connectivity index (χ1n) is 7.86. The Morgan fingerprint density at radius 1 is 1.22 bits per heavy atom. The van der Waals surface area contributed by atoms with Crippen molar-refractivity contribution in [3.8, 4) is 22.7 Å². The van der Waals surface area contributed by atoms with Crippen LogP contribution in [0.15, 0.2) is 60.8 Å². The molecule has 0 aliphatic rings. The molecule has 0 aliphatic heterocycles. The SMILES string of the molecule is COc1ccc(-c2nn(-c3ccccc3)cc2/C=C/C(=O)[O-])cc1[N+](=O)[O-]. The van der Waals surface area contributed by atoms with Crippen molar-refractivity contribution in [2.75, 3.05) is 7.11 Å². The predicted octanol–water partition coefficient (Wildman–Crippen LogP) is 2.22. The number of nitro benzene ring substituents is 1. The molecule has 0 N–H and O–H groups in total. The van der Waals surface area contributed by atoms with Gasteiger partial charge in [-0.2, -0.15) is 5.10 Å². The van der Waals surface area contributed by atoms with Crippen LogP contribution in [-0.4, -0.2) is 27.8 Å². The minimum Gasteiger partial charge on any atom is -0.545 e. The summed E-state index contributed by atoms with van der Waals surface area (Å²) in [5.74, 6) is -1.23. The number of rotatable bonds is 6. The van der Waals surface area contributed by atoms with Gasteiger partial charge < -0.3 is 14.6 Å². The minimum atomic E-state index is -1.35. The number of carbonyl (C=O) groups excluding carboxylic acids is 1. The highest BCUT2D eigenvalue weighted by Gasteiger charge is 2.18. The number of nitrogens with zero attached hydrogens (tertiary/aromatic N) is 3. The summed E-state index contributed by atoms with van der Waals surface area (Å²) in [6, 6.07) is 13.6. The van der Waals surface area contributed by atoms with Crippen molar-refractivity contribution >= 4 is 17.7 Å². The van der Waals surface area contributed by atoms with Crippen LogP contribution in [0, 0.1) is 10.1 Å². The molecule has 2 aromatic carbocycles. The van der Waals surface area contributed by atoms with Crippen molar-refractivity contribution in [1.82, 2.24) is 9.78 Å². The van der Waals surface area contributed by atoms with E-state index in [2.05, 4.69) is 5.10 Å². The highest BCUT2D eigenvalue weighted by atomic mass is 16.6. The highest BCUT2D eigenvalue weighted by Crippen LogP contribution is 2.33. The molecule has 3 aromatic rings. The van der Waals surface area contributed by atoms with Gasteiger partial charge in [0.2, 0.25) is 0 Å². The lowest BCUT2D eigenvalue weighted by Crippen LogP contribution is -2.18. The zero-order valence-corrected chi connectivity index (χ0v) is 14.2. The number of hydrogen-bond donors (Lipinski definition) is 0. The predicted molar refractivity (Wildman–Crippen MR) is 96.2 cm³/mol. The largest absolute Gasteiger partial charge is 0.545 e. The van der Waals surface area contributed by atoms with Gasteiger partial charge in [-0.15, -0.1) is 0 Å². The highest BCUT2D eigenvalue weighted by molar-refractivity contribution is 5.86. The number of carbonyl (C=O) groups is 1. The molecule has 8 heteroatoms. The van der Waals surface area contributed by atoms with Crippen LogP contribution in [0.1, 0.15) is 5.56 Å². The Hall–Kier alpha value is -3.94. The van der Waals surface area contributed by atoms with E-state index in [0.717, 1.165) is 11.8 Å². The van der Waals surface area contributed by atoms with E-state index in [1.165, 1.54) is 25.3 Å². The summed E-state index contributed by atoms with van der Waals surface area (Å²) in [7, 11) is 1.35. The van der Waals surface area contributed by atoms with Crippen LogP contribution in [0.25, 0.3) is 23.0 Å². The number of nitro groups is 1. The molecule has 1 heterocycles. The third-order valence-corrected chi connectivity index (χ3v) is 3.81. The molecule has 0 bridgehead atoms. The Morgan fingerprint density at radius 3 is 2.59 bits per heavy atom. The first-order chi connectivity index (χ1) is 13.0. The molecule has 0 radical (unpaired) electrons. The van der Waals surface area contributed by atoms with Crippen LogP contribution in [0.4, 0.5) is 5.69 Å². The van der Waals surface area contributed by atoms with Crippen LogP contribution in [0.2, 0.25) is 0 Å². The first kappa shape index (κ1) is 17.9. The normalized spacial score (nSPS) is 10.9. The third-order valence-electron chi connectivity index (χ3n) is 3.81. The van der Waals surface area contributed by atoms with E-state index in [9.17, 15) is 20.0 Å². The molecule has 0 fully saturated rings. The summed E-state index contributed by atoms with van der Waals surface area (Å²) >= 11 is 0. The van der Waals surface area contributed by atoms with E-state index in [0.29, 0.717) is 16.8 Å². The Morgan fingerprint density at radius 2 is 1.96 bits per heavy atom. The van der Waals surface area contributed by atoms with E-state index in [4.69, 9.17) is 4.74 Å². The average Bonchev–Trinajstić information content (AvgIpc) is 3.10. The lowest BCUT2D eigenvalue weighted by atomic mass is 10.1. The molecule has 0 unspecified atom stereocenters. The first-order valence-corrected chi connectivity index (χ1v) is 7.86. The molecule has 136 valence electrons. The van der Waals surface area contributed by atoms with Crippen molar-refractivity contribution in [2.45, 2.75) is 0 Å². The molecule has 3 rings (SSSR count). The number of carboxylic acids is 1. The van der Waals surface area contributed by atoms with Gasteiger partial charge in [-0.05, 0) is 36.4 Å². The lowest BCUT2D eigenvalue weighted by Gasteiger charge is -2.04. The maximum absolute atomic E-state index is 11.3. The maximum Gasteiger partial charge on any atom is 0.311 e. The van der Waals surface area contributed by atoms with E-state index in [1.54, 1.807) is 16.9 Å². The molecule has 1 aromatic heterocycles. The standard InChI is InChI=1S/C19H15N3O5/c1-27-17-9-7-13(11-16(17)22(25)26)19-14(8-10-18(23)24)12-21(20-19)15-5-3-2-4-6-15/h2-12H,1H3,(H,23,24)/p-1/b10-8+. The fourth-order valence-corrected chi connectivity index (χ4v) is 2.58. The summed E-state index contributed by atoms with van der Waals surface area (Å²) in [6.45, 7) is 0. The fourth-order valence-electron chi connectivity index (χ4n) is 2.58. The van der Waals surface area contributed by atoms with Gasteiger partial charge in [-0.1, -0.05) is 18.2 Å². The second-order valence-corrected chi connectivity index (χ2v) is 5.51. The summed E-state index contributed by atoms with van der Waals surface area (Å²) < 4.78 is 6.58. The van der Waals surface area contributed by atoms with Gasteiger partial charge in [-0.25, -0.2) is 4.68 Å². The Balaban J connectivity index is 2.16. The number of para-hydroxylation sites is 1. The monoisotopic (exact) mass is 364 g/mol. The van der Waals surface area contributed by atoms with Crippen molar-refractivity contribution in [2.24, 2.45) is 0 Å². The zero-order chi connectivity index (χ0) is 19.4. The van der Waals surface area contributed by atoms with Crippen LogP contribution in [-0.2, 0) is 4.79 Å². The van der Waals surface area contributed by atoms with Crippen molar-refractivity contribution in [3.63, 3.8) is 0 Å². The number of carboxylic acid groups (broad SMARTS) is 1. The smallest absolute Gasteiger partial charge is 0.311 e. The van der Waals surface area contributed by atoms with Gasteiger partial charge in [0.15, 0.2) is 5.75 Å². The van der Waals surface area contributed by atoms with Crippen LogP contribution >= 0.6 is 0 Å². The van der Waals surface area contributed by atoms with Gasteiger partial charge in [0.1, 0.15) is 5.69 Å². The molecule has 0 atom stereocenters. The quantitative estimate of drug-likeness (QED) is 0.377. The number of ether oxygens (including phenoxy) is 1. The van der Waals surface area contributed by atoms with Crippen molar-refractivity contribution < 1.29 is 19.6 Å². The molecular formula is C19H14N3O5-. The maximum atomic E-state index is 11.3. The molecule has 0 spiro atoms. The number of aromatic nitrogens is 2. The van der Waals surface area contributed by atoms with Crippen LogP contribution in [0.3, 0.4) is 0 Å². The topological polar surface area (TPSA) is 110 Å². The van der Waals surface area contributed by atoms with Crippen LogP contribution in [0.5, 0.6) is 5.75 Å². The van der Waals surface area contributed by atoms with Crippen molar-refractivity contribution in [3.05, 3.63) is 76.5 Å². The number of aliphatic carboxylic acids is 1. The van der Waals surface area contributed by atoms with E-state index < -0.39 is 10.9 Å². The Kier molecular flexibility index (Phi) is 4.98. The van der Waals surface area contributed by atoms with Gasteiger partial charge in [0.25, 0.3) is 0 Å². The number of benzene rings is 2. The van der Waals surface area contributed by atoms with Gasteiger partial charge in [-0.3, -0.25) is 10.1 Å². The summed E-state index contributed by atoms with van der Waals surface area (Å²) in [6.07, 6.45) is 3.86. The lowest BCUT2D eigenvalue weighted by molar-refractivity contribution is -0.385. The number of methoxy groups -OCH3 is 1. The van der Waals surface area contributed by atoms with E-state index in [-0.39, 0.29) is 11.4 Å². The Labute approximate surface area is 154 Å². The summed E-state index contributed by atoms with van der Waals surface area (Å²) in [5.41, 5.74) is 1.87. The minimum absolute atomic E-state index is 0.123. The fraction of sp³-hybridized carbons (Fsp3) is 0.0526. The van der Waals surface area contributed by atoms with Crippen LogP contribution < -0.4 is 9.84 Å². The molecule has 0 saturated carbocycles. The number of hydrogen-bond acceptors (Lipinski definition) is 6. The second-order valence-electron chi connectivity index (χ2n) is 5.51. The van der Waals surface area contributed by atoms with Gasteiger partial charge in [0, 0.05) is 23.4 Å². The molecule has 8 nitrogen and oxygen atoms in total. The van der Waals surface area contributed by atoms with Gasteiger partial charge in [0.05, 0.1) is 23.7 Å². The van der Waals surface area contributed by atoms with E-state index >= 15 is 0 Å². The second kappa shape index (κ2) is 7.52. The summed E-state index contributed by atoms with van der Waals surface area (Å²) in [5, 5.41) is 26.6. The zero-order valence-electron chi connectivity index (χ0n) is 14.2. The average molecular weight is 364 g/mol. The molecular weight excluding hydrogens is 350 g/mol. The molecule has 0 amide bonds. The Bertz CT molecular complexity index is 1030. The van der Waals surface area contributed by atoms with Gasteiger partial charge >= 0.3 is 5.69 Å².